The second-order valence-electron chi connectivity index (χ2n) is 7.83. The van der Waals surface area contributed by atoms with Gasteiger partial charge in [0.15, 0.2) is 0 Å². The van der Waals surface area contributed by atoms with E-state index in [4.69, 9.17) is 11.6 Å². The Bertz CT molecular complexity index is 1420. The van der Waals surface area contributed by atoms with Gasteiger partial charge in [0, 0.05) is 22.8 Å². The number of hydrogen-bond acceptors (Lipinski definition) is 3. The van der Waals surface area contributed by atoms with Crippen molar-refractivity contribution in [3.63, 3.8) is 0 Å². The van der Waals surface area contributed by atoms with Crippen molar-refractivity contribution < 1.29 is 13.2 Å². The fourth-order valence-electron chi connectivity index (χ4n) is 3.40. The molecule has 0 aliphatic rings. The molecule has 0 radical (unpaired) electrons. The van der Waals surface area contributed by atoms with Crippen molar-refractivity contribution in [1.82, 2.24) is 4.72 Å². The van der Waals surface area contributed by atoms with E-state index in [9.17, 15) is 13.2 Å². The van der Waals surface area contributed by atoms with Crippen LogP contribution in [0.25, 0.3) is 11.1 Å². The van der Waals surface area contributed by atoms with E-state index < -0.39 is 10.0 Å². The topological polar surface area (TPSA) is 75.3 Å². The molecule has 172 valence electrons. The van der Waals surface area contributed by atoms with Crippen molar-refractivity contribution in [2.75, 3.05) is 5.32 Å². The number of anilines is 1. The van der Waals surface area contributed by atoms with Gasteiger partial charge in [-0.2, -0.15) is 0 Å². The Kier molecular flexibility index (Phi) is 7.12. The highest BCUT2D eigenvalue weighted by atomic mass is 35.5. The lowest BCUT2D eigenvalue weighted by atomic mass is 10.0. The zero-order valence-electron chi connectivity index (χ0n) is 18.5. The molecule has 0 unspecified atom stereocenters. The van der Waals surface area contributed by atoms with Gasteiger partial charge in [-0.05, 0) is 65.6 Å². The molecule has 34 heavy (non-hydrogen) atoms. The number of benzene rings is 4. The first kappa shape index (κ1) is 23.7. The fourth-order valence-corrected chi connectivity index (χ4v) is 4.60. The van der Waals surface area contributed by atoms with Gasteiger partial charge >= 0.3 is 0 Å². The Labute approximate surface area is 204 Å². The minimum absolute atomic E-state index is 0.178. The summed E-state index contributed by atoms with van der Waals surface area (Å²) in [6, 6.07) is 28.4. The van der Waals surface area contributed by atoms with Crippen molar-refractivity contribution in [1.29, 1.82) is 0 Å². The summed E-state index contributed by atoms with van der Waals surface area (Å²) in [6.07, 6.45) is 0. The van der Waals surface area contributed by atoms with E-state index in [2.05, 4.69) is 10.0 Å². The van der Waals surface area contributed by atoms with Crippen molar-refractivity contribution in [2.45, 2.75) is 18.4 Å². The predicted molar refractivity (Wildman–Crippen MR) is 136 cm³/mol. The van der Waals surface area contributed by atoms with Gasteiger partial charge in [0.1, 0.15) is 0 Å². The molecule has 0 spiro atoms. The number of rotatable bonds is 7. The molecule has 1 amide bonds. The van der Waals surface area contributed by atoms with Crippen LogP contribution < -0.4 is 10.0 Å². The maximum absolute atomic E-state index is 12.7. The minimum atomic E-state index is -3.65. The lowest BCUT2D eigenvalue weighted by Crippen LogP contribution is -2.23. The Morgan fingerprint density at radius 1 is 0.824 bits per heavy atom. The van der Waals surface area contributed by atoms with E-state index in [-0.39, 0.29) is 17.3 Å². The van der Waals surface area contributed by atoms with Crippen LogP contribution >= 0.6 is 11.6 Å². The Balaban J connectivity index is 1.48. The highest BCUT2D eigenvalue weighted by Gasteiger charge is 2.14. The van der Waals surface area contributed by atoms with Crippen LogP contribution in [0.15, 0.2) is 102 Å². The molecule has 0 aliphatic heterocycles. The summed E-state index contributed by atoms with van der Waals surface area (Å²) in [5.41, 5.74) is 4.51. The fraction of sp³-hybridized carbons (Fsp3) is 0.0741. The van der Waals surface area contributed by atoms with Crippen molar-refractivity contribution in [2.24, 2.45) is 0 Å². The smallest absolute Gasteiger partial charge is 0.255 e. The van der Waals surface area contributed by atoms with Gasteiger partial charge in [-0.15, -0.1) is 0 Å². The van der Waals surface area contributed by atoms with Gasteiger partial charge in [-0.25, -0.2) is 13.1 Å². The Morgan fingerprint density at radius 3 is 2.26 bits per heavy atom. The Morgan fingerprint density at radius 2 is 1.56 bits per heavy atom. The number of nitrogens with one attached hydrogen (secondary N) is 2. The highest BCUT2D eigenvalue weighted by molar-refractivity contribution is 7.89. The summed E-state index contributed by atoms with van der Waals surface area (Å²) in [4.78, 5) is 12.9. The predicted octanol–water partition coefficient (Wildman–Crippen LogP) is 6.05. The molecular formula is C27H23ClN2O3S. The van der Waals surface area contributed by atoms with Crippen LogP contribution in [0.2, 0.25) is 5.02 Å². The SMILES string of the molecule is Cc1ccc(NC(=O)c2cccc(-c3ccc(S(=O)(=O)NCc4ccccc4)cc3)c2)cc1Cl. The van der Waals surface area contributed by atoms with Crippen LogP contribution in [-0.4, -0.2) is 14.3 Å². The average Bonchev–Trinajstić information content (AvgIpc) is 2.86. The minimum Gasteiger partial charge on any atom is -0.322 e. The number of amides is 1. The lowest BCUT2D eigenvalue weighted by Gasteiger charge is -2.10. The second-order valence-corrected chi connectivity index (χ2v) is 10.0. The molecule has 0 aromatic heterocycles. The third-order valence-corrected chi connectivity index (χ3v) is 7.19. The van der Waals surface area contributed by atoms with E-state index in [0.717, 1.165) is 22.3 Å². The maximum atomic E-state index is 12.7. The van der Waals surface area contributed by atoms with E-state index in [1.807, 2.05) is 49.4 Å². The molecule has 7 heteroatoms. The molecule has 0 fully saturated rings. The number of halogens is 1. The summed E-state index contributed by atoms with van der Waals surface area (Å²) in [7, 11) is -3.65. The number of hydrogen-bond donors (Lipinski definition) is 2. The average molecular weight is 491 g/mol. The van der Waals surface area contributed by atoms with Crippen LogP contribution in [0.1, 0.15) is 21.5 Å². The van der Waals surface area contributed by atoms with Gasteiger partial charge < -0.3 is 5.32 Å². The standard InChI is InChI=1S/C27H23ClN2O3S/c1-19-10-13-24(17-26(19)28)30-27(31)23-9-5-8-22(16-23)21-11-14-25(15-12-21)34(32,33)29-18-20-6-3-2-4-7-20/h2-17,29H,18H2,1H3,(H,30,31). The van der Waals surface area contributed by atoms with E-state index in [1.54, 1.807) is 54.6 Å². The largest absolute Gasteiger partial charge is 0.322 e. The molecule has 0 atom stereocenters. The normalized spacial score (nSPS) is 11.2. The molecule has 5 nitrogen and oxygen atoms in total. The molecule has 0 saturated carbocycles. The first-order chi connectivity index (χ1) is 16.3. The summed E-state index contributed by atoms with van der Waals surface area (Å²) < 4.78 is 27.9. The molecule has 0 saturated heterocycles. The number of sulfonamides is 1. The number of carbonyl (C=O) groups is 1. The first-order valence-electron chi connectivity index (χ1n) is 10.6. The molecule has 4 rings (SSSR count). The van der Waals surface area contributed by atoms with Crippen LogP contribution in [0.5, 0.6) is 0 Å². The zero-order valence-corrected chi connectivity index (χ0v) is 20.0. The third kappa shape index (κ3) is 5.72. The molecule has 4 aromatic carbocycles. The van der Waals surface area contributed by atoms with Crippen LogP contribution in [0.3, 0.4) is 0 Å². The second kappa shape index (κ2) is 10.2. The van der Waals surface area contributed by atoms with E-state index in [1.165, 1.54) is 0 Å². The third-order valence-electron chi connectivity index (χ3n) is 5.36. The van der Waals surface area contributed by atoms with E-state index >= 15 is 0 Å². The van der Waals surface area contributed by atoms with Gasteiger partial charge in [0.2, 0.25) is 10.0 Å². The maximum Gasteiger partial charge on any atom is 0.255 e. The Hall–Kier alpha value is -3.45. The first-order valence-corrected chi connectivity index (χ1v) is 12.5. The molecule has 0 bridgehead atoms. The molecule has 4 aromatic rings. The van der Waals surface area contributed by atoms with Crippen molar-refractivity contribution in [3.05, 3.63) is 119 Å². The quantitative estimate of drug-likeness (QED) is 0.331. The molecule has 2 N–H and O–H groups in total. The zero-order chi connectivity index (χ0) is 24.1. The molecule has 0 heterocycles. The summed E-state index contributed by atoms with van der Waals surface area (Å²) in [6.45, 7) is 2.11. The summed E-state index contributed by atoms with van der Waals surface area (Å²) >= 11 is 6.15. The highest BCUT2D eigenvalue weighted by Crippen LogP contribution is 2.24. The molecule has 0 aliphatic carbocycles. The van der Waals surface area contributed by atoms with Crippen LogP contribution in [-0.2, 0) is 16.6 Å². The van der Waals surface area contributed by atoms with E-state index in [0.29, 0.717) is 16.3 Å². The van der Waals surface area contributed by atoms with Crippen molar-refractivity contribution in [3.8, 4) is 11.1 Å². The lowest BCUT2D eigenvalue weighted by molar-refractivity contribution is 0.102. The number of carbonyl (C=O) groups excluding carboxylic acids is 1. The summed E-state index contributed by atoms with van der Waals surface area (Å²) in [5, 5.41) is 3.43. The van der Waals surface area contributed by atoms with Crippen LogP contribution in [0.4, 0.5) is 5.69 Å². The van der Waals surface area contributed by atoms with Crippen molar-refractivity contribution >= 4 is 33.2 Å². The number of aryl methyl sites for hydroxylation is 1. The van der Waals surface area contributed by atoms with Gasteiger partial charge in [-0.1, -0.05) is 72.3 Å². The van der Waals surface area contributed by atoms with Gasteiger partial charge in [-0.3, -0.25) is 4.79 Å². The monoisotopic (exact) mass is 490 g/mol. The molecular weight excluding hydrogens is 468 g/mol. The summed E-state index contributed by atoms with van der Waals surface area (Å²) in [5.74, 6) is -0.258. The van der Waals surface area contributed by atoms with Gasteiger partial charge in [0.05, 0.1) is 4.90 Å². The van der Waals surface area contributed by atoms with Crippen LogP contribution in [0, 0.1) is 6.92 Å². The van der Waals surface area contributed by atoms with Gasteiger partial charge in [0.25, 0.3) is 5.91 Å².